The number of nitrogens with zero attached hydrogens (tertiary/aromatic N) is 3. The fourth-order valence-corrected chi connectivity index (χ4v) is 4.10. The van der Waals surface area contributed by atoms with Crippen LogP contribution in [-0.2, 0) is 4.79 Å². The van der Waals surface area contributed by atoms with Crippen LogP contribution in [0.3, 0.4) is 0 Å². The summed E-state index contributed by atoms with van der Waals surface area (Å²) in [5.41, 5.74) is 0.191. The number of halogens is 1. The molecule has 0 spiro atoms. The summed E-state index contributed by atoms with van der Waals surface area (Å²) < 4.78 is 19.7. The zero-order chi connectivity index (χ0) is 24.0. The number of methoxy groups -OCH3 is 1. The van der Waals surface area contributed by atoms with Crippen molar-refractivity contribution in [1.82, 2.24) is 9.36 Å². The van der Waals surface area contributed by atoms with Gasteiger partial charge in [0.15, 0.2) is 11.5 Å². The quantitative estimate of drug-likeness (QED) is 0.147. The predicted octanol–water partition coefficient (Wildman–Crippen LogP) is 5.06. The van der Waals surface area contributed by atoms with E-state index in [1.807, 2.05) is 19.9 Å². The third-order valence-electron chi connectivity index (χ3n) is 3.81. The Labute approximate surface area is 202 Å². The topological polar surface area (TPSA) is 127 Å². The molecule has 0 aliphatic heterocycles. The second-order valence-electron chi connectivity index (χ2n) is 6.57. The van der Waals surface area contributed by atoms with E-state index in [0.717, 1.165) is 11.5 Å². The number of benzene rings is 1. The number of ether oxygens (including phenoxy) is 2. The summed E-state index contributed by atoms with van der Waals surface area (Å²) in [6.07, 6.45) is 2.66. The molecule has 0 bridgehead atoms. The molecule has 0 saturated carbocycles. The highest BCUT2D eigenvalue weighted by Crippen LogP contribution is 2.37. The minimum absolute atomic E-state index is 0.00726. The molecule has 170 valence electrons. The highest BCUT2D eigenvalue weighted by molar-refractivity contribution is 7.99. The molecule has 3 rings (SSSR count). The van der Waals surface area contributed by atoms with Crippen LogP contribution in [0.2, 0.25) is 5.02 Å². The largest absolute Gasteiger partial charge is 0.493 e. The zero-order valence-corrected chi connectivity index (χ0v) is 20.0. The van der Waals surface area contributed by atoms with Crippen molar-refractivity contribution < 1.29 is 23.5 Å². The second-order valence-corrected chi connectivity index (χ2v) is 9.28. The summed E-state index contributed by atoms with van der Waals surface area (Å²) in [7, 11) is 1.36. The first-order valence-electron chi connectivity index (χ1n) is 9.37. The van der Waals surface area contributed by atoms with Gasteiger partial charge in [0, 0.05) is 16.8 Å². The van der Waals surface area contributed by atoms with E-state index in [4.69, 9.17) is 25.5 Å². The van der Waals surface area contributed by atoms with E-state index < -0.39 is 11.9 Å². The number of hydrogen-bond acceptors (Lipinski definition) is 10. The number of anilines is 1. The van der Waals surface area contributed by atoms with Gasteiger partial charge in [0.2, 0.25) is 16.0 Å². The molecule has 3 aromatic rings. The Hall–Kier alpha value is -3.33. The van der Waals surface area contributed by atoms with E-state index in [-0.39, 0.29) is 33.0 Å². The molecular formula is C21H17ClN4O5S2. The molecule has 1 amide bonds. The van der Waals surface area contributed by atoms with E-state index in [2.05, 4.69) is 14.7 Å². The minimum atomic E-state index is -0.757. The SMILES string of the molecule is COc1cc(C=C(C#N)C(=O)Nc2nc(SC(C)C)ns2)cc(Cl)c1OC(=O)c1ccco1. The number of aromatic nitrogens is 2. The molecule has 1 N–H and O–H groups in total. The molecule has 0 unspecified atom stereocenters. The van der Waals surface area contributed by atoms with Crippen LogP contribution in [0.4, 0.5) is 5.13 Å². The van der Waals surface area contributed by atoms with Crippen molar-refractivity contribution in [3.05, 3.63) is 52.4 Å². The van der Waals surface area contributed by atoms with Gasteiger partial charge in [-0.3, -0.25) is 10.1 Å². The van der Waals surface area contributed by atoms with Crippen molar-refractivity contribution in [2.24, 2.45) is 0 Å². The normalized spacial score (nSPS) is 11.2. The Morgan fingerprint density at radius 2 is 2.18 bits per heavy atom. The summed E-state index contributed by atoms with van der Waals surface area (Å²) in [5, 5.41) is 13.2. The van der Waals surface area contributed by atoms with Gasteiger partial charge in [-0.2, -0.15) is 14.6 Å². The van der Waals surface area contributed by atoms with Crippen LogP contribution in [-0.4, -0.2) is 33.6 Å². The Morgan fingerprint density at radius 3 is 2.82 bits per heavy atom. The standard InChI is InChI=1S/C21H17ClN4O5S2/c1-11(2)32-21-25-20(33-26-21)24-18(27)13(10-23)7-12-8-14(22)17(16(9-12)29-3)31-19(28)15-5-4-6-30-15/h4-9,11H,1-3H3,(H,24,25,26,27). The van der Waals surface area contributed by atoms with E-state index >= 15 is 0 Å². The molecule has 1 aromatic carbocycles. The second kappa shape index (κ2) is 11.0. The van der Waals surface area contributed by atoms with Crippen LogP contribution in [0.1, 0.15) is 30.0 Å². The summed E-state index contributed by atoms with van der Waals surface area (Å²) in [5.74, 6) is -1.31. The summed E-state index contributed by atoms with van der Waals surface area (Å²) in [6, 6.07) is 7.75. The maximum absolute atomic E-state index is 12.5. The van der Waals surface area contributed by atoms with E-state index in [1.165, 1.54) is 49.4 Å². The van der Waals surface area contributed by atoms with Crippen LogP contribution >= 0.6 is 34.9 Å². The number of hydrogen-bond donors (Lipinski definition) is 1. The smallest absolute Gasteiger partial charge is 0.379 e. The molecule has 0 fully saturated rings. The van der Waals surface area contributed by atoms with Gasteiger partial charge in [0.05, 0.1) is 18.4 Å². The average molecular weight is 505 g/mol. The van der Waals surface area contributed by atoms with Gasteiger partial charge in [0.1, 0.15) is 11.6 Å². The van der Waals surface area contributed by atoms with Gasteiger partial charge in [0.25, 0.3) is 5.91 Å². The van der Waals surface area contributed by atoms with Crippen LogP contribution in [0.5, 0.6) is 11.5 Å². The van der Waals surface area contributed by atoms with Gasteiger partial charge in [-0.1, -0.05) is 37.2 Å². The highest BCUT2D eigenvalue weighted by atomic mass is 35.5. The summed E-state index contributed by atoms with van der Waals surface area (Å²) >= 11 is 8.76. The molecule has 2 aromatic heterocycles. The van der Waals surface area contributed by atoms with Crippen LogP contribution in [0, 0.1) is 11.3 Å². The first kappa shape index (κ1) is 24.3. The Bertz CT molecular complexity index is 1230. The highest BCUT2D eigenvalue weighted by Gasteiger charge is 2.20. The van der Waals surface area contributed by atoms with E-state index in [9.17, 15) is 14.9 Å². The van der Waals surface area contributed by atoms with Crippen LogP contribution < -0.4 is 14.8 Å². The number of thioether (sulfide) groups is 1. The van der Waals surface area contributed by atoms with Crippen molar-refractivity contribution in [1.29, 1.82) is 5.26 Å². The van der Waals surface area contributed by atoms with Crippen molar-refractivity contribution in [2.45, 2.75) is 24.3 Å². The molecule has 0 atom stereocenters. The number of carbonyl (C=O) groups excluding carboxylic acids is 2. The number of carbonyl (C=O) groups is 2. The van der Waals surface area contributed by atoms with Gasteiger partial charge >= 0.3 is 5.97 Å². The Kier molecular flexibility index (Phi) is 8.11. The maximum atomic E-state index is 12.5. The lowest BCUT2D eigenvalue weighted by Crippen LogP contribution is -2.13. The first-order chi connectivity index (χ1) is 15.8. The van der Waals surface area contributed by atoms with Gasteiger partial charge in [-0.25, -0.2) is 4.79 Å². The molecule has 0 aliphatic rings. The fourth-order valence-electron chi connectivity index (χ4n) is 2.46. The lowest BCUT2D eigenvalue weighted by molar-refractivity contribution is -0.112. The van der Waals surface area contributed by atoms with Gasteiger partial charge in [-0.15, -0.1) is 0 Å². The third-order valence-corrected chi connectivity index (χ3v) is 5.71. The summed E-state index contributed by atoms with van der Waals surface area (Å²) in [6.45, 7) is 4.01. The van der Waals surface area contributed by atoms with Crippen molar-refractivity contribution in [2.75, 3.05) is 12.4 Å². The zero-order valence-electron chi connectivity index (χ0n) is 17.6. The van der Waals surface area contributed by atoms with Crippen LogP contribution in [0.15, 0.2) is 45.7 Å². The molecule has 12 heteroatoms. The Morgan fingerprint density at radius 1 is 1.39 bits per heavy atom. The molecule has 2 heterocycles. The summed E-state index contributed by atoms with van der Waals surface area (Å²) in [4.78, 5) is 28.9. The maximum Gasteiger partial charge on any atom is 0.379 e. The van der Waals surface area contributed by atoms with E-state index in [1.54, 1.807) is 6.07 Å². The lowest BCUT2D eigenvalue weighted by Gasteiger charge is -2.11. The van der Waals surface area contributed by atoms with Crippen molar-refractivity contribution >= 4 is 58.0 Å². The first-order valence-corrected chi connectivity index (χ1v) is 11.4. The number of rotatable bonds is 8. The molecule has 0 radical (unpaired) electrons. The molecule has 9 nitrogen and oxygen atoms in total. The minimum Gasteiger partial charge on any atom is -0.493 e. The molecular weight excluding hydrogens is 488 g/mol. The van der Waals surface area contributed by atoms with Gasteiger partial charge in [-0.05, 0) is 35.9 Å². The monoisotopic (exact) mass is 504 g/mol. The van der Waals surface area contributed by atoms with Crippen molar-refractivity contribution in [3.63, 3.8) is 0 Å². The number of furan rings is 1. The fraction of sp³-hybridized carbons (Fsp3) is 0.190. The molecule has 0 saturated heterocycles. The Balaban J connectivity index is 1.80. The molecule has 0 aliphatic carbocycles. The number of nitriles is 1. The lowest BCUT2D eigenvalue weighted by atomic mass is 10.1. The van der Waals surface area contributed by atoms with E-state index in [0.29, 0.717) is 16.0 Å². The number of nitrogens with one attached hydrogen (secondary N) is 1. The third kappa shape index (κ3) is 6.35. The van der Waals surface area contributed by atoms with Crippen molar-refractivity contribution in [3.8, 4) is 17.6 Å². The van der Waals surface area contributed by atoms with Gasteiger partial charge < -0.3 is 13.9 Å². The average Bonchev–Trinajstić information content (AvgIpc) is 3.45. The number of amides is 1. The predicted molar refractivity (Wildman–Crippen MR) is 125 cm³/mol. The number of esters is 1. The van der Waals surface area contributed by atoms with Crippen LogP contribution in [0.25, 0.3) is 6.08 Å². The molecule has 33 heavy (non-hydrogen) atoms.